The van der Waals surface area contributed by atoms with Gasteiger partial charge in [0.15, 0.2) is 0 Å². The van der Waals surface area contributed by atoms with E-state index >= 15 is 0 Å². The highest BCUT2D eigenvalue weighted by Gasteiger charge is 1.95. The number of carbonyl (C=O) groups is 1. The van der Waals surface area contributed by atoms with Crippen LogP contribution in [0.15, 0.2) is 36.5 Å². The maximum absolute atomic E-state index is 11.3. The van der Waals surface area contributed by atoms with Gasteiger partial charge < -0.3 is 5.32 Å². The van der Waals surface area contributed by atoms with Crippen LogP contribution in [0, 0.1) is 17.8 Å². The Morgan fingerprint density at radius 1 is 1.33 bits per heavy atom. The fourth-order valence-corrected chi connectivity index (χ4v) is 1.05. The van der Waals surface area contributed by atoms with Crippen LogP contribution in [0.4, 0.5) is 0 Å². The lowest BCUT2D eigenvalue weighted by atomic mass is 10.2. The van der Waals surface area contributed by atoms with Gasteiger partial charge in [0, 0.05) is 19.0 Å². The third-order valence-corrected chi connectivity index (χ3v) is 1.97. The van der Waals surface area contributed by atoms with Crippen molar-refractivity contribution in [1.29, 1.82) is 0 Å². The molecule has 0 aromatic heterocycles. The summed E-state index contributed by atoms with van der Waals surface area (Å²) in [5.74, 6) is 6.39. The molecule has 0 aliphatic heterocycles. The first-order valence-corrected chi connectivity index (χ1v) is 6.37. The lowest BCUT2D eigenvalue weighted by molar-refractivity contribution is -0.116. The molecule has 0 radical (unpaired) electrons. The molecule has 0 atom stereocenters. The van der Waals surface area contributed by atoms with Crippen molar-refractivity contribution in [2.45, 2.75) is 33.6 Å². The van der Waals surface area contributed by atoms with Crippen LogP contribution in [-0.2, 0) is 4.79 Å². The van der Waals surface area contributed by atoms with Gasteiger partial charge in [-0.1, -0.05) is 50.0 Å². The van der Waals surface area contributed by atoms with Crippen molar-refractivity contribution in [3.8, 4) is 11.8 Å². The molecule has 0 fully saturated rings. The molecular weight excluding hydrogens is 222 g/mol. The van der Waals surface area contributed by atoms with Crippen LogP contribution >= 0.6 is 0 Å². The third-order valence-electron chi connectivity index (χ3n) is 1.97. The summed E-state index contributed by atoms with van der Waals surface area (Å²) >= 11 is 0. The van der Waals surface area contributed by atoms with Crippen molar-refractivity contribution < 1.29 is 4.79 Å². The number of rotatable bonds is 6. The van der Waals surface area contributed by atoms with Crippen LogP contribution in [-0.4, -0.2) is 12.5 Å². The molecule has 0 unspecified atom stereocenters. The van der Waals surface area contributed by atoms with E-state index in [0.29, 0.717) is 12.5 Å². The predicted octanol–water partition coefficient (Wildman–Crippen LogP) is 3.23. The van der Waals surface area contributed by atoms with Gasteiger partial charge in [0.05, 0.1) is 0 Å². The molecule has 1 N–H and O–H groups in total. The fourth-order valence-electron chi connectivity index (χ4n) is 1.05. The monoisotopic (exact) mass is 245 g/mol. The third kappa shape index (κ3) is 12.3. The minimum absolute atomic E-state index is 0.0405. The quantitative estimate of drug-likeness (QED) is 0.331. The molecule has 2 heteroatoms. The van der Waals surface area contributed by atoms with Gasteiger partial charge in [0.25, 0.3) is 0 Å². The van der Waals surface area contributed by atoms with Gasteiger partial charge in [-0.05, 0) is 25.3 Å². The van der Waals surface area contributed by atoms with Gasteiger partial charge >= 0.3 is 0 Å². The second kappa shape index (κ2) is 11.7. The highest BCUT2D eigenvalue weighted by molar-refractivity contribution is 5.87. The molecular formula is C16H23NO. The van der Waals surface area contributed by atoms with E-state index in [1.54, 1.807) is 12.2 Å². The van der Waals surface area contributed by atoms with E-state index in [-0.39, 0.29) is 5.91 Å². The maximum Gasteiger partial charge on any atom is 0.243 e. The molecule has 0 aromatic carbocycles. The van der Waals surface area contributed by atoms with E-state index < -0.39 is 0 Å². The molecule has 0 aliphatic rings. The molecule has 98 valence electrons. The number of hydrogen-bond donors (Lipinski definition) is 1. The molecule has 0 rings (SSSR count). The molecule has 0 bridgehead atoms. The van der Waals surface area contributed by atoms with Crippen molar-refractivity contribution in [1.82, 2.24) is 5.32 Å². The Morgan fingerprint density at radius 3 is 2.78 bits per heavy atom. The minimum atomic E-state index is -0.0405. The summed E-state index contributed by atoms with van der Waals surface area (Å²) in [5.41, 5.74) is 0. The molecule has 0 aromatic rings. The summed E-state index contributed by atoms with van der Waals surface area (Å²) in [4.78, 5) is 11.3. The second-order valence-electron chi connectivity index (χ2n) is 4.29. The average Bonchev–Trinajstić information content (AvgIpc) is 2.34. The fraction of sp³-hybridized carbons (Fsp3) is 0.438. The van der Waals surface area contributed by atoms with Gasteiger partial charge in [-0.2, -0.15) is 0 Å². The molecule has 0 spiro atoms. The van der Waals surface area contributed by atoms with Crippen LogP contribution in [0.5, 0.6) is 0 Å². The number of hydrogen-bond acceptors (Lipinski definition) is 1. The van der Waals surface area contributed by atoms with E-state index in [4.69, 9.17) is 0 Å². The van der Waals surface area contributed by atoms with Crippen LogP contribution < -0.4 is 5.32 Å². The lowest BCUT2D eigenvalue weighted by Crippen LogP contribution is -2.25. The minimum Gasteiger partial charge on any atom is -0.352 e. The standard InChI is InChI=1S/C16H23NO/c1-4-5-6-7-8-9-10-11-12-13-16(18)17-14-15(2)3/h4-5,10-13,15H,8-9,14H2,1-3H3,(H,17,18)/b5-4-,11-10-,13-12+. The summed E-state index contributed by atoms with van der Waals surface area (Å²) in [7, 11) is 0. The van der Waals surface area contributed by atoms with Crippen molar-refractivity contribution in [3.63, 3.8) is 0 Å². The first-order chi connectivity index (χ1) is 8.66. The van der Waals surface area contributed by atoms with Gasteiger partial charge in [-0.25, -0.2) is 0 Å². The van der Waals surface area contributed by atoms with E-state index in [0.717, 1.165) is 12.8 Å². The smallest absolute Gasteiger partial charge is 0.243 e. The van der Waals surface area contributed by atoms with Gasteiger partial charge in [-0.15, -0.1) is 0 Å². The maximum atomic E-state index is 11.3. The Balaban J connectivity index is 3.69. The Hall–Kier alpha value is -1.75. The van der Waals surface area contributed by atoms with Gasteiger partial charge in [-0.3, -0.25) is 4.79 Å². The molecule has 18 heavy (non-hydrogen) atoms. The second-order valence-corrected chi connectivity index (χ2v) is 4.29. The van der Waals surface area contributed by atoms with Crippen molar-refractivity contribution >= 4 is 5.91 Å². The van der Waals surface area contributed by atoms with Crippen molar-refractivity contribution in [2.75, 3.05) is 6.54 Å². The van der Waals surface area contributed by atoms with Crippen molar-refractivity contribution in [3.05, 3.63) is 36.5 Å². The van der Waals surface area contributed by atoms with E-state index in [2.05, 4.69) is 31.0 Å². The summed E-state index contributed by atoms with van der Waals surface area (Å²) in [5, 5.41) is 2.82. The molecule has 0 saturated carbocycles. The van der Waals surface area contributed by atoms with E-state index in [1.165, 1.54) is 0 Å². The molecule has 0 aliphatic carbocycles. The number of unbranched alkanes of at least 4 members (excludes halogenated alkanes) is 1. The number of amides is 1. The van der Waals surface area contributed by atoms with Gasteiger partial charge in [0.1, 0.15) is 0 Å². The Bertz CT molecular complexity index is 364. The summed E-state index contributed by atoms with van der Waals surface area (Å²) in [6.45, 7) is 6.80. The zero-order valence-electron chi connectivity index (χ0n) is 11.6. The van der Waals surface area contributed by atoms with Gasteiger partial charge in [0.2, 0.25) is 5.91 Å². The molecule has 0 saturated heterocycles. The summed E-state index contributed by atoms with van der Waals surface area (Å²) < 4.78 is 0. The number of allylic oxidation sites excluding steroid dienone is 5. The summed E-state index contributed by atoms with van der Waals surface area (Å²) in [6, 6.07) is 0. The largest absolute Gasteiger partial charge is 0.352 e. The number of carbonyl (C=O) groups excluding carboxylic acids is 1. The Kier molecular flexibility index (Phi) is 10.6. The predicted molar refractivity (Wildman–Crippen MR) is 78.0 cm³/mol. The molecule has 2 nitrogen and oxygen atoms in total. The topological polar surface area (TPSA) is 29.1 Å². The van der Waals surface area contributed by atoms with E-state index in [9.17, 15) is 4.79 Å². The molecule has 1 amide bonds. The Morgan fingerprint density at radius 2 is 2.11 bits per heavy atom. The van der Waals surface area contributed by atoms with Crippen molar-refractivity contribution in [2.24, 2.45) is 5.92 Å². The molecule has 0 heterocycles. The van der Waals surface area contributed by atoms with Crippen LogP contribution in [0.1, 0.15) is 33.6 Å². The highest BCUT2D eigenvalue weighted by atomic mass is 16.1. The summed E-state index contributed by atoms with van der Waals surface area (Å²) in [6.07, 6.45) is 12.7. The lowest BCUT2D eigenvalue weighted by Gasteiger charge is -2.03. The zero-order chi connectivity index (χ0) is 13.6. The van der Waals surface area contributed by atoms with E-state index in [1.807, 2.05) is 31.2 Å². The Labute approximate surface area is 111 Å². The van der Waals surface area contributed by atoms with Crippen LogP contribution in [0.25, 0.3) is 0 Å². The van der Waals surface area contributed by atoms with Crippen LogP contribution in [0.3, 0.4) is 0 Å². The normalized spacial score (nSPS) is 11.3. The first kappa shape index (κ1) is 16.2. The highest BCUT2D eigenvalue weighted by Crippen LogP contribution is 1.90. The SMILES string of the molecule is C/C=C\C#CCC/C=C\C=C\C(=O)NCC(C)C. The zero-order valence-corrected chi connectivity index (χ0v) is 11.6. The average molecular weight is 245 g/mol. The number of nitrogens with one attached hydrogen (secondary N) is 1. The van der Waals surface area contributed by atoms with Crippen LogP contribution in [0.2, 0.25) is 0 Å². The first-order valence-electron chi connectivity index (χ1n) is 6.37.